The van der Waals surface area contributed by atoms with Crippen LogP contribution in [0.4, 0.5) is 19.0 Å². The Labute approximate surface area is 106 Å². The van der Waals surface area contributed by atoms with Gasteiger partial charge in [-0.2, -0.15) is 8.78 Å². The van der Waals surface area contributed by atoms with E-state index in [9.17, 15) is 13.2 Å². The maximum Gasteiger partial charge on any atom is 0.388 e. The Bertz CT molecular complexity index is 562. The first-order valence-corrected chi connectivity index (χ1v) is 5.21. The molecular formula is C11H9F3N4O. The fourth-order valence-corrected chi connectivity index (χ4v) is 1.36. The van der Waals surface area contributed by atoms with E-state index in [-0.39, 0.29) is 11.7 Å². The van der Waals surface area contributed by atoms with E-state index in [1.54, 1.807) is 0 Å². The Morgan fingerprint density at radius 2 is 1.95 bits per heavy atom. The fourth-order valence-electron chi connectivity index (χ4n) is 1.36. The number of aromatic nitrogens is 3. The van der Waals surface area contributed by atoms with Crippen LogP contribution in [-0.4, -0.2) is 28.6 Å². The van der Waals surface area contributed by atoms with Crippen LogP contribution in [0.2, 0.25) is 0 Å². The van der Waals surface area contributed by atoms with Gasteiger partial charge in [-0.15, -0.1) is 0 Å². The highest BCUT2D eigenvalue weighted by Gasteiger charge is 2.09. The maximum atomic E-state index is 13.2. The third kappa shape index (κ3) is 3.09. The topological polar surface area (TPSA) is 59.9 Å². The van der Waals surface area contributed by atoms with Crippen molar-refractivity contribution >= 4 is 5.82 Å². The van der Waals surface area contributed by atoms with Crippen molar-refractivity contribution in [2.75, 3.05) is 12.4 Å². The van der Waals surface area contributed by atoms with Gasteiger partial charge >= 0.3 is 6.61 Å². The lowest BCUT2D eigenvalue weighted by atomic mass is 10.2. The molecule has 0 amide bonds. The van der Waals surface area contributed by atoms with Gasteiger partial charge in [0.15, 0.2) is 11.6 Å². The second kappa shape index (κ2) is 5.51. The lowest BCUT2D eigenvalue weighted by molar-refractivity contribution is -0.0530. The van der Waals surface area contributed by atoms with Crippen molar-refractivity contribution in [3.63, 3.8) is 0 Å². The number of hydrogen-bond donors (Lipinski definition) is 1. The Kier molecular flexibility index (Phi) is 3.79. The summed E-state index contributed by atoms with van der Waals surface area (Å²) < 4.78 is 41.2. The Morgan fingerprint density at radius 1 is 1.16 bits per heavy atom. The third-order valence-electron chi connectivity index (χ3n) is 2.18. The number of ether oxygens (including phenoxy) is 1. The zero-order chi connectivity index (χ0) is 13.8. The van der Waals surface area contributed by atoms with E-state index in [1.165, 1.54) is 25.4 Å². The molecule has 0 fully saturated rings. The molecule has 5 nitrogen and oxygen atoms in total. The molecule has 2 aromatic rings. The second-order valence-electron chi connectivity index (χ2n) is 3.40. The summed E-state index contributed by atoms with van der Waals surface area (Å²) in [7, 11) is 1.53. The fraction of sp³-hybridized carbons (Fsp3) is 0.182. The van der Waals surface area contributed by atoms with Crippen molar-refractivity contribution in [2.45, 2.75) is 6.61 Å². The minimum absolute atomic E-state index is 0.0622. The first-order valence-electron chi connectivity index (χ1n) is 5.21. The number of hydrogen-bond acceptors (Lipinski definition) is 5. The SMILES string of the molecule is CNc1nc(-c2cnc(OC(F)F)cn2)ccc1F. The van der Waals surface area contributed by atoms with Crippen molar-refractivity contribution in [3.05, 3.63) is 30.3 Å². The van der Waals surface area contributed by atoms with E-state index in [0.29, 0.717) is 11.4 Å². The van der Waals surface area contributed by atoms with Crippen LogP contribution in [0.3, 0.4) is 0 Å². The highest BCUT2D eigenvalue weighted by Crippen LogP contribution is 2.19. The van der Waals surface area contributed by atoms with Gasteiger partial charge in [-0.3, -0.25) is 0 Å². The molecule has 0 saturated carbocycles. The smallest absolute Gasteiger partial charge is 0.388 e. The van der Waals surface area contributed by atoms with Crippen LogP contribution >= 0.6 is 0 Å². The second-order valence-corrected chi connectivity index (χ2v) is 3.40. The number of nitrogens with one attached hydrogen (secondary N) is 1. The average Bonchev–Trinajstić information content (AvgIpc) is 2.40. The monoisotopic (exact) mass is 270 g/mol. The van der Waals surface area contributed by atoms with Crippen LogP contribution in [0.25, 0.3) is 11.4 Å². The summed E-state index contributed by atoms with van der Waals surface area (Å²) in [4.78, 5) is 11.5. The summed E-state index contributed by atoms with van der Waals surface area (Å²) in [6.45, 7) is -2.96. The van der Waals surface area contributed by atoms with Gasteiger partial charge in [0, 0.05) is 7.05 Å². The quantitative estimate of drug-likeness (QED) is 0.923. The molecule has 1 N–H and O–H groups in total. The normalized spacial score (nSPS) is 10.6. The number of halogens is 3. The molecule has 0 aromatic carbocycles. The van der Waals surface area contributed by atoms with Crippen LogP contribution < -0.4 is 10.1 Å². The molecule has 0 aliphatic carbocycles. The predicted molar refractivity (Wildman–Crippen MR) is 61.4 cm³/mol. The van der Waals surface area contributed by atoms with Crippen molar-refractivity contribution in [1.82, 2.24) is 15.0 Å². The molecule has 0 atom stereocenters. The first kappa shape index (κ1) is 13.1. The number of nitrogens with zero attached hydrogens (tertiary/aromatic N) is 3. The standard InChI is InChI=1S/C11H9F3N4O/c1-15-10-6(12)2-3-7(18-10)8-4-17-9(5-16-8)19-11(13)14/h2-5,11H,1H3,(H,15,18). The van der Waals surface area contributed by atoms with Gasteiger partial charge < -0.3 is 10.1 Å². The molecule has 0 unspecified atom stereocenters. The minimum atomic E-state index is -2.96. The Hall–Kier alpha value is -2.38. The van der Waals surface area contributed by atoms with Gasteiger partial charge in [-0.1, -0.05) is 0 Å². The lowest BCUT2D eigenvalue weighted by Gasteiger charge is -2.06. The van der Waals surface area contributed by atoms with E-state index in [0.717, 1.165) is 6.20 Å². The summed E-state index contributed by atoms with van der Waals surface area (Å²) in [5, 5.41) is 2.58. The average molecular weight is 270 g/mol. The van der Waals surface area contributed by atoms with Crippen LogP contribution in [-0.2, 0) is 0 Å². The van der Waals surface area contributed by atoms with E-state index in [2.05, 4.69) is 25.0 Å². The summed E-state index contributed by atoms with van der Waals surface area (Å²) in [6.07, 6.45) is 2.27. The molecule has 0 aliphatic rings. The molecule has 8 heteroatoms. The third-order valence-corrected chi connectivity index (χ3v) is 2.18. The summed E-state index contributed by atoms with van der Waals surface area (Å²) >= 11 is 0. The van der Waals surface area contributed by atoms with E-state index < -0.39 is 12.4 Å². The van der Waals surface area contributed by atoms with Gasteiger partial charge in [0.1, 0.15) is 5.69 Å². The maximum absolute atomic E-state index is 13.2. The minimum Gasteiger partial charge on any atom is -0.415 e. The van der Waals surface area contributed by atoms with Gasteiger partial charge in [-0.25, -0.2) is 19.3 Å². The molecular weight excluding hydrogens is 261 g/mol. The number of alkyl halides is 2. The van der Waals surface area contributed by atoms with Crippen molar-refractivity contribution < 1.29 is 17.9 Å². The molecule has 0 bridgehead atoms. The molecule has 0 spiro atoms. The zero-order valence-electron chi connectivity index (χ0n) is 9.77. The number of rotatable bonds is 4. The van der Waals surface area contributed by atoms with E-state index >= 15 is 0 Å². The van der Waals surface area contributed by atoms with Crippen LogP contribution in [0.15, 0.2) is 24.5 Å². The highest BCUT2D eigenvalue weighted by atomic mass is 19.3. The molecule has 2 heterocycles. The molecule has 0 radical (unpaired) electrons. The van der Waals surface area contributed by atoms with E-state index in [4.69, 9.17) is 0 Å². The van der Waals surface area contributed by atoms with Gasteiger partial charge in [0.05, 0.1) is 18.1 Å². The lowest BCUT2D eigenvalue weighted by Crippen LogP contribution is -2.04. The van der Waals surface area contributed by atoms with Crippen LogP contribution in [0.1, 0.15) is 0 Å². The molecule has 0 saturated heterocycles. The zero-order valence-corrected chi connectivity index (χ0v) is 9.77. The van der Waals surface area contributed by atoms with Crippen LogP contribution in [0.5, 0.6) is 5.88 Å². The van der Waals surface area contributed by atoms with Crippen molar-refractivity contribution in [2.24, 2.45) is 0 Å². The van der Waals surface area contributed by atoms with Crippen molar-refractivity contribution in [1.29, 1.82) is 0 Å². The summed E-state index contributed by atoms with van der Waals surface area (Å²) in [5.74, 6) is -0.737. The highest BCUT2D eigenvalue weighted by molar-refractivity contribution is 5.56. The van der Waals surface area contributed by atoms with Gasteiger partial charge in [0.25, 0.3) is 0 Å². The predicted octanol–water partition coefficient (Wildman–Crippen LogP) is 2.32. The Balaban J connectivity index is 2.27. The van der Waals surface area contributed by atoms with Crippen LogP contribution in [0, 0.1) is 5.82 Å². The number of anilines is 1. The molecule has 0 aliphatic heterocycles. The summed E-state index contributed by atoms with van der Waals surface area (Å²) in [5.41, 5.74) is 0.681. The van der Waals surface area contributed by atoms with Gasteiger partial charge in [0.2, 0.25) is 5.88 Å². The molecule has 2 aromatic heterocycles. The largest absolute Gasteiger partial charge is 0.415 e. The number of pyridine rings is 1. The Morgan fingerprint density at radius 3 is 2.53 bits per heavy atom. The van der Waals surface area contributed by atoms with Crippen molar-refractivity contribution in [3.8, 4) is 17.3 Å². The summed E-state index contributed by atoms with van der Waals surface area (Å²) in [6, 6.07) is 2.63. The molecule has 19 heavy (non-hydrogen) atoms. The van der Waals surface area contributed by atoms with Gasteiger partial charge in [-0.05, 0) is 12.1 Å². The van der Waals surface area contributed by atoms with E-state index in [1.807, 2.05) is 0 Å². The molecule has 2 rings (SSSR count). The first-order chi connectivity index (χ1) is 9.10. The molecule has 100 valence electrons.